The van der Waals surface area contributed by atoms with Crippen molar-refractivity contribution < 1.29 is 14.6 Å². The summed E-state index contributed by atoms with van der Waals surface area (Å²) in [5.74, 6) is 0. The highest BCUT2D eigenvalue weighted by molar-refractivity contribution is 5.68. The van der Waals surface area contributed by atoms with Crippen LogP contribution in [0.25, 0.3) is 0 Å². The Kier molecular flexibility index (Phi) is 3.97. The molecule has 2 N–H and O–H groups in total. The molecule has 0 aromatic carbocycles. The van der Waals surface area contributed by atoms with E-state index in [1.807, 2.05) is 20.8 Å². The smallest absolute Gasteiger partial charge is 0.407 e. The Balaban J connectivity index is 2.31. The van der Waals surface area contributed by atoms with Crippen LogP contribution in [0.4, 0.5) is 4.79 Å². The first-order valence-electron chi connectivity index (χ1n) is 5.54. The van der Waals surface area contributed by atoms with Crippen LogP contribution in [0.15, 0.2) is 0 Å². The van der Waals surface area contributed by atoms with E-state index in [-0.39, 0.29) is 23.8 Å². The molecule has 0 spiro atoms. The van der Waals surface area contributed by atoms with Gasteiger partial charge < -0.3 is 15.2 Å². The molecular formula is C11H21NO3. The van der Waals surface area contributed by atoms with Crippen molar-refractivity contribution >= 4 is 6.09 Å². The van der Waals surface area contributed by atoms with Crippen LogP contribution in [0.2, 0.25) is 0 Å². The Bertz CT molecular complexity index is 222. The zero-order chi connectivity index (χ0) is 11.5. The molecule has 4 heteroatoms. The van der Waals surface area contributed by atoms with Gasteiger partial charge in [0.15, 0.2) is 0 Å². The van der Waals surface area contributed by atoms with Gasteiger partial charge in [-0.05, 0) is 40.0 Å². The van der Waals surface area contributed by atoms with Crippen LogP contribution in [0.5, 0.6) is 0 Å². The van der Waals surface area contributed by atoms with Gasteiger partial charge in [0, 0.05) is 12.0 Å². The maximum atomic E-state index is 11.4. The van der Waals surface area contributed by atoms with Crippen molar-refractivity contribution in [3.8, 4) is 0 Å². The van der Waals surface area contributed by atoms with Crippen LogP contribution in [0.1, 0.15) is 46.5 Å². The molecule has 1 rings (SSSR count). The second kappa shape index (κ2) is 4.84. The largest absolute Gasteiger partial charge is 0.446 e. The van der Waals surface area contributed by atoms with Gasteiger partial charge in [-0.15, -0.1) is 0 Å². The maximum absolute atomic E-state index is 11.4. The average Bonchev–Trinajstić information content (AvgIpc) is 1.99. The number of hydrogen-bond donors (Lipinski definition) is 2. The number of nitrogens with one attached hydrogen (secondary N) is 1. The van der Waals surface area contributed by atoms with E-state index in [0.29, 0.717) is 6.42 Å². The summed E-state index contributed by atoms with van der Waals surface area (Å²) in [6, 6.07) is 0. The summed E-state index contributed by atoms with van der Waals surface area (Å²) in [6.45, 7) is 5.72. The zero-order valence-corrected chi connectivity index (χ0v) is 9.75. The van der Waals surface area contributed by atoms with E-state index in [1.165, 1.54) is 0 Å². The summed E-state index contributed by atoms with van der Waals surface area (Å²) in [7, 11) is 0. The van der Waals surface area contributed by atoms with Crippen LogP contribution in [0, 0.1) is 0 Å². The third kappa shape index (κ3) is 5.02. The molecule has 1 saturated carbocycles. The van der Waals surface area contributed by atoms with Crippen molar-refractivity contribution in [2.45, 2.75) is 64.2 Å². The summed E-state index contributed by atoms with van der Waals surface area (Å²) in [6.07, 6.45) is 2.34. The van der Waals surface area contributed by atoms with Crippen molar-refractivity contribution in [2.75, 3.05) is 0 Å². The number of aliphatic hydroxyl groups excluding tert-OH is 1. The lowest BCUT2D eigenvalue weighted by molar-refractivity contribution is 0.0207. The molecule has 0 aliphatic heterocycles. The summed E-state index contributed by atoms with van der Waals surface area (Å²) in [5, 5.41) is 12.2. The number of carbonyl (C=O) groups is 1. The Labute approximate surface area is 91.0 Å². The number of hydrogen-bond acceptors (Lipinski definition) is 3. The summed E-state index contributed by atoms with van der Waals surface area (Å²) in [4.78, 5) is 11.4. The third-order valence-electron chi connectivity index (χ3n) is 2.35. The molecule has 0 heterocycles. The fraction of sp³-hybridized carbons (Fsp3) is 0.909. The van der Waals surface area contributed by atoms with E-state index in [0.717, 1.165) is 19.3 Å². The summed E-state index contributed by atoms with van der Waals surface area (Å²) < 4.78 is 5.23. The van der Waals surface area contributed by atoms with Gasteiger partial charge in [-0.2, -0.15) is 0 Å². The number of amides is 1. The van der Waals surface area contributed by atoms with Gasteiger partial charge in [-0.25, -0.2) is 4.79 Å². The molecule has 1 fully saturated rings. The lowest BCUT2D eigenvalue weighted by Crippen LogP contribution is -2.43. The summed E-state index contributed by atoms with van der Waals surface area (Å²) >= 11 is 0. The van der Waals surface area contributed by atoms with Crippen molar-refractivity contribution in [2.24, 2.45) is 0 Å². The normalized spacial score (nSPS) is 27.2. The minimum Gasteiger partial charge on any atom is -0.446 e. The average molecular weight is 215 g/mol. The van der Waals surface area contributed by atoms with E-state index >= 15 is 0 Å². The van der Waals surface area contributed by atoms with Crippen molar-refractivity contribution in [1.82, 2.24) is 5.32 Å². The van der Waals surface area contributed by atoms with Crippen LogP contribution in [-0.4, -0.2) is 28.9 Å². The van der Waals surface area contributed by atoms with Gasteiger partial charge >= 0.3 is 6.09 Å². The lowest BCUT2D eigenvalue weighted by Gasteiger charge is -2.27. The number of carbonyl (C=O) groups excluding carboxylic acids is 1. The van der Waals surface area contributed by atoms with Gasteiger partial charge in [0.2, 0.25) is 0 Å². The Hall–Kier alpha value is -0.770. The lowest BCUT2D eigenvalue weighted by atomic mass is 9.95. The number of ether oxygens (including phenoxy) is 1. The molecule has 15 heavy (non-hydrogen) atoms. The SMILES string of the molecule is CC(C)(C)NC(=O)OC1CCCC(O)C1. The van der Waals surface area contributed by atoms with E-state index in [9.17, 15) is 9.90 Å². The predicted molar refractivity (Wildman–Crippen MR) is 57.6 cm³/mol. The van der Waals surface area contributed by atoms with E-state index < -0.39 is 0 Å². The molecule has 2 unspecified atom stereocenters. The molecule has 0 aromatic rings. The highest BCUT2D eigenvalue weighted by Crippen LogP contribution is 2.21. The minimum absolute atomic E-state index is 0.129. The number of alkyl carbamates (subject to hydrolysis) is 1. The van der Waals surface area contributed by atoms with Crippen LogP contribution >= 0.6 is 0 Å². The third-order valence-corrected chi connectivity index (χ3v) is 2.35. The molecule has 0 radical (unpaired) electrons. The topological polar surface area (TPSA) is 58.6 Å². The fourth-order valence-electron chi connectivity index (χ4n) is 1.71. The first-order valence-corrected chi connectivity index (χ1v) is 5.54. The van der Waals surface area contributed by atoms with Crippen LogP contribution < -0.4 is 5.32 Å². The van der Waals surface area contributed by atoms with E-state index in [2.05, 4.69) is 5.32 Å². The summed E-state index contributed by atoms with van der Waals surface area (Å²) in [5.41, 5.74) is -0.273. The fourth-order valence-corrected chi connectivity index (χ4v) is 1.71. The molecule has 1 amide bonds. The molecular weight excluding hydrogens is 194 g/mol. The molecule has 88 valence electrons. The molecule has 1 aliphatic rings. The molecule has 0 bridgehead atoms. The van der Waals surface area contributed by atoms with Crippen molar-refractivity contribution in [3.05, 3.63) is 0 Å². The second-order valence-electron chi connectivity index (χ2n) is 5.22. The quantitative estimate of drug-likeness (QED) is 0.701. The van der Waals surface area contributed by atoms with E-state index in [1.54, 1.807) is 0 Å². The first kappa shape index (κ1) is 12.3. The number of rotatable bonds is 1. The van der Waals surface area contributed by atoms with Gasteiger partial charge in [0.25, 0.3) is 0 Å². The molecule has 2 atom stereocenters. The van der Waals surface area contributed by atoms with E-state index in [4.69, 9.17) is 4.74 Å². The second-order valence-corrected chi connectivity index (χ2v) is 5.22. The Morgan fingerprint density at radius 3 is 2.60 bits per heavy atom. The van der Waals surface area contributed by atoms with Gasteiger partial charge in [-0.3, -0.25) is 0 Å². The minimum atomic E-state index is -0.387. The van der Waals surface area contributed by atoms with Gasteiger partial charge in [0.05, 0.1) is 6.10 Å². The van der Waals surface area contributed by atoms with Crippen LogP contribution in [0.3, 0.4) is 0 Å². The number of aliphatic hydroxyl groups is 1. The molecule has 0 saturated heterocycles. The predicted octanol–water partition coefficient (Wildman–Crippen LogP) is 1.81. The monoisotopic (exact) mass is 215 g/mol. The Morgan fingerprint density at radius 2 is 2.07 bits per heavy atom. The first-order chi connectivity index (χ1) is 6.87. The zero-order valence-electron chi connectivity index (χ0n) is 9.75. The van der Waals surface area contributed by atoms with Gasteiger partial charge in [-0.1, -0.05) is 0 Å². The van der Waals surface area contributed by atoms with Crippen molar-refractivity contribution in [1.29, 1.82) is 0 Å². The maximum Gasteiger partial charge on any atom is 0.407 e. The van der Waals surface area contributed by atoms with Crippen LogP contribution in [-0.2, 0) is 4.74 Å². The van der Waals surface area contributed by atoms with Crippen molar-refractivity contribution in [3.63, 3.8) is 0 Å². The molecule has 0 aromatic heterocycles. The standard InChI is InChI=1S/C11H21NO3/c1-11(2,3)12-10(14)15-9-6-4-5-8(13)7-9/h8-9,13H,4-7H2,1-3H3,(H,12,14). The van der Waals surface area contributed by atoms with Gasteiger partial charge in [0.1, 0.15) is 6.10 Å². The Morgan fingerprint density at radius 1 is 1.40 bits per heavy atom. The molecule has 1 aliphatic carbocycles. The molecule has 4 nitrogen and oxygen atoms in total. The highest BCUT2D eigenvalue weighted by atomic mass is 16.6. The highest BCUT2D eigenvalue weighted by Gasteiger charge is 2.24.